The van der Waals surface area contributed by atoms with Crippen LogP contribution in [0.4, 0.5) is 0 Å². The van der Waals surface area contributed by atoms with Crippen molar-refractivity contribution in [1.29, 1.82) is 0 Å². The van der Waals surface area contributed by atoms with Gasteiger partial charge in [-0.3, -0.25) is 14.5 Å². The molecule has 2 aromatic rings. The lowest BCUT2D eigenvalue weighted by atomic mass is 9.95. The Labute approximate surface area is 147 Å². The highest BCUT2D eigenvalue weighted by Crippen LogP contribution is 2.35. The van der Waals surface area contributed by atoms with E-state index in [0.717, 1.165) is 37.2 Å². The van der Waals surface area contributed by atoms with Gasteiger partial charge < -0.3 is 9.88 Å². The lowest BCUT2D eigenvalue weighted by Gasteiger charge is -2.32. The number of aryl methyl sites for hydroxylation is 1. The van der Waals surface area contributed by atoms with Gasteiger partial charge in [-0.15, -0.1) is 0 Å². The third-order valence-electron chi connectivity index (χ3n) is 5.14. The second kappa shape index (κ2) is 6.15. The Morgan fingerprint density at radius 3 is 2.76 bits per heavy atom. The van der Waals surface area contributed by atoms with E-state index < -0.39 is 0 Å². The molecule has 2 heterocycles. The summed E-state index contributed by atoms with van der Waals surface area (Å²) in [5.41, 5.74) is 3.32. The number of hydrogen-bond acceptors (Lipinski definition) is 3. The molecule has 1 amide bonds. The molecule has 0 bridgehead atoms. The van der Waals surface area contributed by atoms with Crippen LogP contribution in [0.3, 0.4) is 0 Å². The molecule has 1 unspecified atom stereocenters. The fourth-order valence-electron chi connectivity index (χ4n) is 3.71. The molecule has 1 saturated carbocycles. The molecule has 2 aliphatic rings. The molecule has 1 atom stereocenters. The average molecular weight is 337 g/mol. The van der Waals surface area contributed by atoms with E-state index in [4.69, 9.17) is 0 Å². The quantitative estimate of drug-likeness (QED) is 0.936. The molecule has 130 valence electrons. The van der Waals surface area contributed by atoms with E-state index in [-0.39, 0.29) is 22.9 Å². The standard InChI is InChI=1S/C20H23N3O2/c1-13-9-19(24)17(11-23(13)15-7-8-15)20(25)21-18-12-22(2)10-14-5-3-4-6-16(14)18/h3-6,9,11,15,18H,7-8,10,12H2,1-2H3,(H,21,25). The predicted molar refractivity (Wildman–Crippen MR) is 96.7 cm³/mol. The minimum Gasteiger partial charge on any atom is -0.348 e. The van der Waals surface area contributed by atoms with Crippen molar-refractivity contribution < 1.29 is 4.79 Å². The SMILES string of the molecule is Cc1cc(=O)c(C(=O)NC2CN(C)Cc3ccccc32)cn1C1CC1. The molecular formula is C20H23N3O2. The number of likely N-dealkylation sites (N-methyl/N-ethyl adjacent to an activating group) is 1. The normalized spacial score (nSPS) is 20.2. The number of rotatable bonds is 3. The number of hydrogen-bond donors (Lipinski definition) is 1. The minimum absolute atomic E-state index is 0.0995. The van der Waals surface area contributed by atoms with Crippen molar-refractivity contribution in [2.24, 2.45) is 0 Å². The number of benzene rings is 1. The highest BCUT2D eigenvalue weighted by atomic mass is 16.2. The number of aromatic nitrogens is 1. The van der Waals surface area contributed by atoms with E-state index in [1.165, 1.54) is 5.56 Å². The van der Waals surface area contributed by atoms with Crippen molar-refractivity contribution in [1.82, 2.24) is 14.8 Å². The molecule has 1 aromatic heterocycles. The van der Waals surface area contributed by atoms with Gasteiger partial charge in [0.2, 0.25) is 0 Å². The molecule has 5 heteroatoms. The Hall–Kier alpha value is -2.40. The fourth-order valence-corrected chi connectivity index (χ4v) is 3.71. The first kappa shape index (κ1) is 16.1. The van der Waals surface area contributed by atoms with Crippen LogP contribution in [0.25, 0.3) is 0 Å². The molecule has 0 radical (unpaired) electrons. The topological polar surface area (TPSA) is 54.3 Å². The van der Waals surface area contributed by atoms with Crippen LogP contribution in [0.15, 0.2) is 41.3 Å². The molecule has 0 saturated heterocycles. The molecule has 1 aliphatic carbocycles. The van der Waals surface area contributed by atoms with Gasteiger partial charge in [0.15, 0.2) is 5.43 Å². The van der Waals surface area contributed by atoms with Crippen LogP contribution in [0.5, 0.6) is 0 Å². The number of nitrogens with zero attached hydrogens (tertiary/aromatic N) is 2. The maximum Gasteiger partial charge on any atom is 0.257 e. The van der Waals surface area contributed by atoms with Crippen LogP contribution < -0.4 is 10.7 Å². The molecule has 4 rings (SSSR count). The Bertz CT molecular complexity index is 883. The van der Waals surface area contributed by atoms with Crippen LogP contribution in [0.2, 0.25) is 0 Å². The van der Waals surface area contributed by atoms with Gasteiger partial charge >= 0.3 is 0 Å². The van der Waals surface area contributed by atoms with Crippen molar-refractivity contribution in [2.75, 3.05) is 13.6 Å². The highest BCUT2D eigenvalue weighted by molar-refractivity contribution is 5.94. The molecule has 1 fully saturated rings. The van der Waals surface area contributed by atoms with Crippen molar-refractivity contribution >= 4 is 5.91 Å². The highest BCUT2D eigenvalue weighted by Gasteiger charge is 2.28. The number of pyridine rings is 1. The lowest BCUT2D eigenvalue weighted by Crippen LogP contribution is -2.41. The van der Waals surface area contributed by atoms with Crippen molar-refractivity contribution in [3.63, 3.8) is 0 Å². The monoisotopic (exact) mass is 337 g/mol. The van der Waals surface area contributed by atoms with E-state index in [2.05, 4.69) is 26.9 Å². The molecule has 25 heavy (non-hydrogen) atoms. The van der Waals surface area contributed by atoms with Crippen LogP contribution in [0, 0.1) is 6.92 Å². The van der Waals surface area contributed by atoms with Crippen LogP contribution in [-0.2, 0) is 6.54 Å². The van der Waals surface area contributed by atoms with E-state index in [0.29, 0.717) is 6.04 Å². The largest absolute Gasteiger partial charge is 0.348 e. The fraction of sp³-hybridized carbons (Fsp3) is 0.400. The van der Waals surface area contributed by atoms with Gasteiger partial charge in [0.05, 0.1) is 6.04 Å². The Morgan fingerprint density at radius 2 is 2.00 bits per heavy atom. The molecule has 5 nitrogen and oxygen atoms in total. The Morgan fingerprint density at radius 1 is 1.24 bits per heavy atom. The van der Waals surface area contributed by atoms with Gasteiger partial charge in [0.25, 0.3) is 5.91 Å². The molecule has 1 aromatic carbocycles. The van der Waals surface area contributed by atoms with Crippen molar-refractivity contribution in [2.45, 2.75) is 38.4 Å². The maximum absolute atomic E-state index is 12.8. The van der Waals surface area contributed by atoms with Crippen molar-refractivity contribution in [3.8, 4) is 0 Å². The van der Waals surface area contributed by atoms with Crippen LogP contribution in [-0.4, -0.2) is 29.0 Å². The van der Waals surface area contributed by atoms with Crippen LogP contribution >= 0.6 is 0 Å². The third kappa shape index (κ3) is 3.12. The summed E-state index contributed by atoms with van der Waals surface area (Å²) in [4.78, 5) is 27.3. The molecule has 0 spiro atoms. The molecule has 1 aliphatic heterocycles. The summed E-state index contributed by atoms with van der Waals surface area (Å²) < 4.78 is 2.07. The zero-order chi connectivity index (χ0) is 17.6. The average Bonchev–Trinajstić information content (AvgIpc) is 3.39. The van der Waals surface area contributed by atoms with Crippen LogP contribution in [0.1, 0.15) is 52.1 Å². The third-order valence-corrected chi connectivity index (χ3v) is 5.14. The second-order valence-corrected chi connectivity index (χ2v) is 7.25. The molecule has 1 N–H and O–H groups in total. The number of fused-ring (bicyclic) bond motifs is 1. The van der Waals surface area contributed by atoms with Gasteiger partial charge in [-0.25, -0.2) is 0 Å². The zero-order valence-electron chi connectivity index (χ0n) is 14.7. The number of amides is 1. The second-order valence-electron chi connectivity index (χ2n) is 7.25. The first-order valence-electron chi connectivity index (χ1n) is 8.83. The first-order valence-corrected chi connectivity index (χ1v) is 8.83. The van der Waals surface area contributed by atoms with E-state index >= 15 is 0 Å². The van der Waals surface area contributed by atoms with E-state index in [1.807, 2.05) is 26.1 Å². The van der Waals surface area contributed by atoms with Gasteiger partial charge in [-0.1, -0.05) is 24.3 Å². The summed E-state index contributed by atoms with van der Waals surface area (Å²) in [6.07, 6.45) is 3.97. The lowest BCUT2D eigenvalue weighted by molar-refractivity contribution is 0.0920. The summed E-state index contributed by atoms with van der Waals surface area (Å²) in [5.74, 6) is -0.283. The smallest absolute Gasteiger partial charge is 0.257 e. The number of carbonyl (C=O) groups is 1. The zero-order valence-corrected chi connectivity index (χ0v) is 14.7. The minimum atomic E-state index is -0.283. The van der Waals surface area contributed by atoms with E-state index in [9.17, 15) is 9.59 Å². The predicted octanol–water partition coefficient (Wildman–Crippen LogP) is 2.41. The Kier molecular flexibility index (Phi) is 3.96. The maximum atomic E-state index is 12.8. The van der Waals surface area contributed by atoms with Gasteiger partial charge in [0, 0.05) is 37.1 Å². The van der Waals surface area contributed by atoms with E-state index in [1.54, 1.807) is 12.3 Å². The summed E-state index contributed by atoms with van der Waals surface area (Å²) in [6, 6.07) is 10.1. The first-order chi connectivity index (χ1) is 12.0. The van der Waals surface area contributed by atoms with Gasteiger partial charge in [-0.2, -0.15) is 0 Å². The molecular weight excluding hydrogens is 314 g/mol. The van der Waals surface area contributed by atoms with Gasteiger partial charge in [0.1, 0.15) is 5.56 Å². The van der Waals surface area contributed by atoms with Crippen molar-refractivity contribution in [3.05, 3.63) is 69.1 Å². The Balaban J connectivity index is 1.63. The number of carbonyl (C=O) groups excluding carboxylic acids is 1. The summed E-state index contributed by atoms with van der Waals surface area (Å²) in [5, 5.41) is 3.07. The summed E-state index contributed by atoms with van der Waals surface area (Å²) in [7, 11) is 2.04. The number of nitrogens with one attached hydrogen (secondary N) is 1. The summed E-state index contributed by atoms with van der Waals surface area (Å²) in [6.45, 7) is 3.54. The summed E-state index contributed by atoms with van der Waals surface area (Å²) >= 11 is 0. The van der Waals surface area contributed by atoms with Gasteiger partial charge in [-0.05, 0) is 37.9 Å².